The largest absolute Gasteiger partial charge is 0.497 e. The number of methoxy groups -OCH3 is 1. The molecule has 2 N–H and O–H groups in total. The van der Waals surface area contributed by atoms with Gasteiger partial charge in [-0.2, -0.15) is 0 Å². The maximum Gasteiger partial charge on any atom is 0.407 e. The highest BCUT2D eigenvalue weighted by atomic mass is 16.5. The summed E-state index contributed by atoms with van der Waals surface area (Å²) >= 11 is 0. The van der Waals surface area contributed by atoms with Gasteiger partial charge in [0.2, 0.25) is 0 Å². The van der Waals surface area contributed by atoms with E-state index < -0.39 is 18.1 Å². The van der Waals surface area contributed by atoms with E-state index in [-0.39, 0.29) is 13.0 Å². The lowest BCUT2D eigenvalue weighted by Gasteiger charge is -2.17. The fraction of sp³-hybridized carbons (Fsp3) is 0.286. The maximum atomic E-state index is 11.5. The molecule has 0 radical (unpaired) electrons. The molecule has 0 spiro atoms. The first kappa shape index (κ1) is 15.6. The van der Waals surface area contributed by atoms with Gasteiger partial charge in [0, 0.05) is 0 Å². The molecule has 0 aliphatic rings. The molecule has 0 aliphatic heterocycles. The number of aliphatic carboxylic acids is 1. The van der Waals surface area contributed by atoms with Gasteiger partial charge >= 0.3 is 12.1 Å². The monoisotopic (exact) mass is 279 g/mol. The van der Waals surface area contributed by atoms with Gasteiger partial charge in [-0.15, -0.1) is 0 Å². The van der Waals surface area contributed by atoms with Crippen LogP contribution < -0.4 is 10.1 Å². The van der Waals surface area contributed by atoms with E-state index in [9.17, 15) is 9.59 Å². The Morgan fingerprint density at radius 2 is 2.05 bits per heavy atom. The Labute approximate surface area is 117 Å². The van der Waals surface area contributed by atoms with Crippen LogP contribution in [0.4, 0.5) is 4.79 Å². The van der Waals surface area contributed by atoms with Gasteiger partial charge in [0.15, 0.2) is 0 Å². The first-order valence-corrected chi connectivity index (χ1v) is 5.96. The molecule has 1 atom stereocenters. The lowest BCUT2D eigenvalue weighted by atomic mass is 10.0. The number of ether oxygens (including phenoxy) is 2. The fourth-order valence-corrected chi connectivity index (χ4v) is 1.58. The van der Waals surface area contributed by atoms with Gasteiger partial charge in [-0.05, 0) is 17.7 Å². The van der Waals surface area contributed by atoms with Gasteiger partial charge in [0.1, 0.15) is 12.4 Å². The van der Waals surface area contributed by atoms with Crippen LogP contribution in [0.15, 0.2) is 36.9 Å². The zero-order chi connectivity index (χ0) is 15.0. The third kappa shape index (κ3) is 5.01. The van der Waals surface area contributed by atoms with E-state index >= 15 is 0 Å². The Hall–Kier alpha value is -2.50. The van der Waals surface area contributed by atoms with Crippen molar-refractivity contribution < 1.29 is 24.2 Å². The summed E-state index contributed by atoms with van der Waals surface area (Å²) in [7, 11) is 1.54. The smallest absolute Gasteiger partial charge is 0.407 e. The number of carbonyl (C=O) groups is 2. The molecular formula is C14H17NO5. The SMILES string of the molecule is C=CCOC(=O)NC(CC(=O)O)c1ccc(OC)cc1. The molecule has 0 bridgehead atoms. The van der Waals surface area contributed by atoms with Gasteiger partial charge in [0.25, 0.3) is 0 Å². The summed E-state index contributed by atoms with van der Waals surface area (Å²) in [6.07, 6.45) is 0.501. The van der Waals surface area contributed by atoms with Crippen molar-refractivity contribution in [3.05, 3.63) is 42.5 Å². The standard InChI is InChI=1S/C14H17NO5/c1-3-8-20-14(18)15-12(9-13(16)17)10-4-6-11(19-2)7-5-10/h3-7,12H,1,8-9H2,2H3,(H,15,18)(H,16,17). The molecule has 0 aromatic heterocycles. The molecule has 0 heterocycles. The first-order chi connectivity index (χ1) is 9.56. The van der Waals surface area contributed by atoms with E-state index in [1.807, 2.05) is 0 Å². The second-order valence-electron chi connectivity index (χ2n) is 3.96. The van der Waals surface area contributed by atoms with Crippen molar-refractivity contribution in [2.45, 2.75) is 12.5 Å². The second kappa shape index (κ2) is 7.83. The van der Waals surface area contributed by atoms with Crippen molar-refractivity contribution >= 4 is 12.1 Å². The maximum absolute atomic E-state index is 11.5. The molecule has 1 rings (SSSR count). The molecule has 1 amide bonds. The van der Waals surface area contributed by atoms with Gasteiger partial charge in [0.05, 0.1) is 19.6 Å². The molecule has 6 nitrogen and oxygen atoms in total. The molecule has 20 heavy (non-hydrogen) atoms. The van der Waals surface area contributed by atoms with E-state index in [0.717, 1.165) is 0 Å². The number of carbonyl (C=O) groups excluding carboxylic acids is 1. The highest BCUT2D eigenvalue weighted by Gasteiger charge is 2.18. The van der Waals surface area contributed by atoms with Crippen molar-refractivity contribution in [3.63, 3.8) is 0 Å². The average Bonchev–Trinajstić information content (AvgIpc) is 2.44. The van der Waals surface area contributed by atoms with Crippen LogP contribution in [-0.4, -0.2) is 30.9 Å². The van der Waals surface area contributed by atoms with E-state index in [1.54, 1.807) is 24.3 Å². The number of nitrogens with one attached hydrogen (secondary N) is 1. The number of benzene rings is 1. The number of rotatable bonds is 7. The Balaban J connectivity index is 2.78. The third-order valence-corrected chi connectivity index (χ3v) is 2.52. The van der Waals surface area contributed by atoms with Gasteiger partial charge < -0.3 is 19.9 Å². The predicted molar refractivity (Wildman–Crippen MR) is 72.7 cm³/mol. The Morgan fingerprint density at radius 3 is 2.55 bits per heavy atom. The number of hydrogen-bond acceptors (Lipinski definition) is 4. The quantitative estimate of drug-likeness (QED) is 0.747. The average molecular weight is 279 g/mol. The number of hydrogen-bond donors (Lipinski definition) is 2. The highest BCUT2D eigenvalue weighted by Crippen LogP contribution is 2.20. The minimum absolute atomic E-state index is 0.0637. The first-order valence-electron chi connectivity index (χ1n) is 5.96. The number of carboxylic acid groups (broad SMARTS) is 1. The molecule has 1 aromatic carbocycles. The molecule has 0 saturated heterocycles. The van der Waals surface area contributed by atoms with Crippen LogP contribution in [0.2, 0.25) is 0 Å². The molecule has 6 heteroatoms. The summed E-state index contributed by atoms with van der Waals surface area (Å²) < 4.78 is 9.81. The second-order valence-corrected chi connectivity index (χ2v) is 3.96. The molecule has 0 saturated carbocycles. The molecular weight excluding hydrogens is 262 g/mol. The van der Waals surface area contributed by atoms with Crippen LogP contribution in [0.5, 0.6) is 5.75 Å². The van der Waals surface area contributed by atoms with Crippen LogP contribution in [0.1, 0.15) is 18.0 Å². The Kier molecular flexibility index (Phi) is 6.09. The van der Waals surface area contributed by atoms with Crippen LogP contribution in [0.3, 0.4) is 0 Å². The van der Waals surface area contributed by atoms with Crippen LogP contribution in [0, 0.1) is 0 Å². The summed E-state index contributed by atoms with van der Waals surface area (Å²) in [4.78, 5) is 22.4. The van der Waals surface area contributed by atoms with Crippen molar-refractivity contribution in [1.29, 1.82) is 0 Å². The molecule has 108 valence electrons. The van der Waals surface area contributed by atoms with Gasteiger partial charge in [-0.25, -0.2) is 4.79 Å². The molecule has 1 unspecified atom stereocenters. The van der Waals surface area contributed by atoms with E-state index in [4.69, 9.17) is 14.6 Å². The molecule has 0 fully saturated rings. The molecule has 0 aliphatic carbocycles. The fourth-order valence-electron chi connectivity index (χ4n) is 1.58. The summed E-state index contributed by atoms with van der Waals surface area (Å²) in [6.45, 7) is 3.49. The van der Waals surface area contributed by atoms with Crippen LogP contribution in [0.25, 0.3) is 0 Å². The van der Waals surface area contributed by atoms with Gasteiger partial charge in [-0.1, -0.05) is 24.8 Å². The minimum atomic E-state index is -1.02. The lowest BCUT2D eigenvalue weighted by Crippen LogP contribution is -2.30. The normalized spacial score (nSPS) is 11.2. The zero-order valence-electron chi connectivity index (χ0n) is 11.2. The van der Waals surface area contributed by atoms with Crippen molar-refractivity contribution in [1.82, 2.24) is 5.32 Å². The van der Waals surface area contributed by atoms with Crippen molar-refractivity contribution in [2.24, 2.45) is 0 Å². The summed E-state index contributed by atoms with van der Waals surface area (Å²) in [5.41, 5.74) is 0.656. The molecule has 1 aromatic rings. The number of carboxylic acids is 1. The minimum Gasteiger partial charge on any atom is -0.497 e. The van der Waals surface area contributed by atoms with Crippen LogP contribution in [-0.2, 0) is 9.53 Å². The van der Waals surface area contributed by atoms with E-state index in [0.29, 0.717) is 11.3 Å². The topological polar surface area (TPSA) is 84.9 Å². The van der Waals surface area contributed by atoms with E-state index in [1.165, 1.54) is 13.2 Å². The Bertz CT molecular complexity index is 469. The predicted octanol–water partition coefficient (Wildman–Crippen LogP) is 2.12. The van der Waals surface area contributed by atoms with Crippen molar-refractivity contribution in [2.75, 3.05) is 13.7 Å². The lowest BCUT2D eigenvalue weighted by molar-refractivity contribution is -0.137. The summed E-state index contributed by atoms with van der Waals surface area (Å²) in [5, 5.41) is 11.4. The van der Waals surface area contributed by atoms with Crippen molar-refractivity contribution in [3.8, 4) is 5.75 Å². The summed E-state index contributed by atoms with van der Waals surface area (Å²) in [6, 6.07) is 6.11. The van der Waals surface area contributed by atoms with E-state index in [2.05, 4.69) is 11.9 Å². The number of alkyl carbamates (subject to hydrolysis) is 1. The summed E-state index contributed by atoms with van der Waals surface area (Å²) in [5.74, 6) is -0.369. The Morgan fingerprint density at radius 1 is 1.40 bits per heavy atom. The zero-order valence-corrected chi connectivity index (χ0v) is 11.2. The third-order valence-electron chi connectivity index (χ3n) is 2.52. The van der Waals surface area contributed by atoms with Crippen LogP contribution >= 0.6 is 0 Å². The number of amides is 1. The van der Waals surface area contributed by atoms with Gasteiger partial charge in [-0.3, -0.25) is 4.79 Å². The highest BCUT2D eigenvalue weighted by molar-refractivity contribution is 5.72.